The largest absolute Gasteiger partial charge is 0.495 e. The summed E-state index contributed by atoms with van der Waals surface area (Å²) < 4.78 is 18.1. The number of rotatable bonds is 3. The molecule has 0 unspecified atom stereocenters. The lowest BCUT2D eigenvalue weighted by Gasteiger charge is -2.07. The maximum Gasteiger partial charge on any atom is 0.336 e. The van der Waals surface area contributed by atoms with Gasteiger partial charge in [-0.25, -0.2) is 9.18 Å². The number of pyridine rings is 1. The fraction of sp³-hybridized carbons (Fsp3) is 0.0769. The van der Waals surface area contributed by atoms with E-state index >= 15 is 0 Å². The topological polar surface area (TPSA) is 59.4 Å². The first kappa shape index (κ1) is 12.0. The fourth-order valence-corrected chi connectivity index (χ4v) is 1.62. The molecule has 1 aromatic heterocycles. The first-order valence-corrected chi connectivity index (χ1v) is 5.14. The third kappa shape index (κ3) is 2.29. The zero-order valence-corrected chi connectivity index (χ0v) is 9.55. The van der Waals surface area contributed by atoms with Gasteiger partial charge >= 0.3 is 5.97 Å². The van der Waals surface area contributed by atoms with E-state index in [1.54, 1.807) is 6.07 Å². The highest BCUT2D eigenvalue weighted by Gasteiger charge is 2.13. The molecule has 0 amide bonds. The molecule has 0 aliphatic heterocycles. The Morgan fingerprint density at radius 1 is 1.33 bits per heavy atom. The van der Waals surface area contributed by atoms with Gasteiger partial charge in [-0.1, -0.05) is 6.07 Å². The van der Waals surface area contributed by atoms with Crippen LogP contribution in [0.2, 0.25) is 0 Å². The number of carbonyl (C=O) groups is 1. The molecule has 4 nitrogen and oxygen atoms in total. The van der Waals surface area contributed by atoms with Gasteiger partial charge in [0.1, 0.15) is 11.6 Å². The molecule has 1 heterocycles. The van der Waals surface area contributed by atoms with Crippen molar-refractivity contribution in [3.8, 4) is 16.9 Å². The summed E-state index contributed by atoms with van der Waals surface area (Å²) in [6.45, 7) is 0. The lowest BCUT2D eigenvalue weighted by molar-refractivity contribution is 0.0697. The van der Waals surface area contributed by atoms with Crippen LogP contribution in [0.25, 0.3) is 11.1 Å². The Kier molecular flexibility index (Phi) is 3.23. The highest BCUT2D eigenvalue weighted by atomic mass is 19.1. The van der Waals surface area contributed by atoms with Gasteiger partial charge in [-0.2, -0.15) is 0 Å². The van der Waals surface area contributed by atoms with E-state index in [1.165, 1.54) is 31.6 Å². The summed E-state index contributed by atoms with van der Waals surface area (Å²) >= 11 is 0. The van der Waals surface area contributed by atoms with Crippen LogP contribution in [0.3, 0.4) is 0 Å². The van der Waals surface area contributed by atoms with E-state index in [4.69, 9.17) is 9.84 Å². The van der Waals surface area contributed by atoms with Crippen molar-refractivity contribution in [1.82, 2.24) is 4.98 Å². The number of benzene rings is 1. The van der Waals surface area contributed by atoms with Crippen LogP contribution >= 0.6 is 0 Å². The molecule has 2 rings (SSSR count). The van der Waals surface area contributed by atoms with Crippen molar-refractivity contribution >= 4 is 5.97 Å². The van der Waals surface area contributed by atoms with Crippen LogP contribution in [0.1, 0.15) is 10.4 Å². The average molecular weight is 247 g/mol. The summed E-state index contributed by atoms with van der Waals surface area (Å²) in [5.74, 6) is -1.27. The number of halogens is 1. The predicted octanol–water partition coefficient (Wildman–Crippen LogP) is 2.59. The normalized spacial score (nSPS) is 10.1. The van der Waals surface area contributed by atoms with Gasteiger partial charge in [0.25, 0.3) is 0 Å². The maximum atomic E-state index is 13.1. The number of carboxylic acid groups (broad SMARTS) is 1. The molecule has 1 aromatic carbocycles. The summed E-state index contributed by atoms with van der Waals surface area (Å²) in [7, 11) is 1.49. The molecule has 0 bridgehead atoms. The summed E-state index contributed by atoms with van der Waals surface area (Å²) in [6.07, 6.45) is 3.01. The number of aromatic nitrogens is 1. The lowest BCUT2D eigenvalue weighted by atomic mass is 10.0. The van der Waals surface area contributed by atoms with E-state index in [1.807, 2.05) is 0 Å². The molecule has 0 aliphatic rings. The van der Waals surface area contributed by atoms with Crippen LogP contribution in [0.4, 0.5) is 4.39 Å². The summed E-state index contributed by atoms with van der Waals surface area (Å²) in [5.41, 5.74) is 0.854. The van der Waals surface area contributed by atoms with Gasteiger partial charge in [0.15, 0.2) is 0 Å². The van der Waals surface area contributed by atoms with Crippen LogP contribution in [-0.2, 0) is 0 Å². The number of hydrogen-bond acceptors (Lipinski definition) is 3. The summed E-state index contributed by atoms with van der Waals surface area (Å²) in [4.78, 5) is 15.0. The molecule has 0 spiro atoms. The Bertz CT molecular complexity index is 599. The van der Waals surface area contributed by atoms with Gasteiger partial charge in [-0.15, -0.1) is 0 Å². The van der Waals surface area contributed by atoms with Crippen molar-refractivity contribution in [2.24, 2.45) is 0 Å². The van der Waals surface area contributed by atoms with Gasteiger partial charge in [-0.3, -0.25) is 4.98 Å². The number of carboxylic acids is 1. The second kappa shape index (κ2) is 4.83. The van der Waals surface area contributed by atoms with Crippen molar-refractivity contribution < 1.29 is 19.0 Å². The van der Waals surface area contributed by atoms with Crippen molar-refractivity contribution in [3.05, 3.63) is 48.0 Å². The second-order valence-electron chi connectivity index (χ2n) is 3.61. The van der Waals surface area contributed by atoms with E-state index in [2.05, 4.69) is 4.98 Å². The monoisotopic (exact) mass is 247 g/mol. The third-order valence-electron chi connectivity index (χ3n) is 2.47. The van der Waals surface area contributed by atoms with E-state index in [0.717, 1.165) is 6.07 Å². The first-order valence-electron chi connectivity index (χ1n) is 5.14. The summed E-state index contributed by atoms with van der Waals surface area (Å²) in [6, 6.07) is 5.25. The zero-order chi connectivity index (χ0) is 13.1. The number of hydrogen-bond donors (Lipinski definition) is 1. The van der Waals surface area contributed by atoms with Crippen LogP contribution in [0, 0.1) is 5.82 Å². The molecule has 92 valence electrons. The average Bonchev–Trinajstić information content (AvgIpc) is 2.38. The lowest BCUT2D eigenvalue weighted by Crippen LogP contribution is -2.00. The smallest absolute Gasteiger partial charge is 0.336 e. The van der Waals surface area contributed by atoms with Crippen LogP contribution < -0.4 is 4.74 Å². The highest BCUT2D eigenvalue weighted by molar-refractivity contribution is 5.96. The molecular formula is C13H10FNO3. The van der Waals surface area contributed by atoms with Crippen molar-refractivity contribution in [2.75, 3.05) is 7.11 Å². The Labute approximate surface area is 103 Å². The number of methoxy groups -OCH3 is 1. The molecule has 2 aromatic rings. The minimum Gasteiger partial charge on any atom is -0.495 e. The minimum absolute atomic E-state index is 0.106. The van der Waals surface area contributed by atoms with Gasteiger partial charge in [0, 0.05) is 11.8 Å². The molecule has 0 aliphatic carbocycles. The standard InChI is InChI=1S/C13H10FNO3/c1-18-10-4-8(6-15-7-10)11-3-2-9(14)5-12(11)13(16)17/h2-7H,1H3,(H,16,17). The molecule has 0 saturated heterocycles. The number of ether oxygens (including phenoxy) is 1. The zero-order valence-electron chi connectivity index (χ0n) is 9.55. The van der Waals surface area contributed by atoms with Gasteiger partial charge < -0.3 is 9.84 Å². The third-order valence-corrected chi connectivity index (χ3v) is 2.47. The van der Waals surface area contributed by atoms with Gasteiger partial charge in [-0.05, 0) is 23.8 Å². The van der Waals surface area contributed by atoms with E-state index in [-0.39, 0.29) is 5.56 Å². The van der Waals surface area contributed by atoms with Crippen molar-refractivity contribution in [3.63, 3.8) is 0 Å². The van der Waals surface area contributed by atoms with Crippen LogP contribution in [-0.4, -0.2) is 23.2 Å². The number of aromatic carboxylic acids is 1. The van der Waals surface area contributed by atoms with E-state index < -0.39 is 11.8 Å². The Morgan fingerprint density at radius 3 is 2.78 bits per heavy atom. The van der Waals surface area contributed by atoms with E-state index in [9.17, 15) is 9.18 Å². The molecule has 0 atom stereocenters. The first-order chi connectivity index (χ1) is 8.61. The molecule has 1 N–H and O–H groups in total. The highest BCUT2D eigenvalue weighted by Crippen LogP contribution is 2.26. The SMILES string of the molecule is COc1cncc(-c2ccc(F)cc2C(=O)O)c1. The minimum atomic E-state index is -1.19. The van der Waals surface area contributed by atoms with E-state index in [0.29, 0.717) is 16.9 Å². The molecule has 0 saturated carbocycles. The maximum absolute atomic E-state index is 13.1. The van der Waals surface area contributed by atoms with Gasteiger partial charge in [0.05, 0.1) is 18.9 Å². The Balaban J connectivity index is 2.59. The predicted molar refractivity (Wildman–Crippen MR) is 63.1 cm³/mol. The molecule has 0 fully saturated rings. The second-order valence-corrected chi connectivity index (χ2v) is 3.61. The summed E-state index contributed by atoms with van der Waals surface area (Å²) in [5, 5.41) is 9.06. The molecule has 5 heteroatoms. The Hall–Kier alpha value is -2.43. The van der Waals surface area contributed by atoms with Crippen molar-refractivity contribution in [2.45, 2.75) is 0 Å². The fourth-order valence-electron chi connectivity index (χ4n) is 1.62. The molecule has 18 heavy (non-hydrogen) atoms. The quantitative estimate of drug-likeness (QED) is 0.905. The van der Waals surface area contributed by atoms with Gasteiger partial charge in [0.2, 0.25) is 0 Å². The molecule has 0 radical (unpaired) electrons. The van der Waals surface area contributed by atoms with Crippen LogP contribution in [0.5, 0.6) is 5.75 Å². The van der Waals surface area contributed by atoms with Crippen LogP contribution in [0.15, 0.2) is 36.7 Å². The number of nitrogens with zero attached hydrogens (tertiary/aromatic N) is 1. The van der Waals surface area contributed by atoms with Crippen molar-refractivity contribution in [1.29, 1.82) is 0 Å². The molecular weight excluding hydrogens is 237 g/mol. The Morgan fingerprint density at radius 2 is 2.11 bits per heavy atom.